The van der Waals surface area contributed by atoms with Gasteiger partial charge in [-0.25, -0.2) is 0 Å². The first-order valence-electron chi connectivity index (χ1n) is 7.07. The summed E-state index contributed by atoms with van der Waals surface area (Å²) in [5, 5.41) is 3.73. The van der Waals surface area contributed by atoms with E-state index in [9.17, 15) is 0 Å². The Labute approximate surface area is 102 Å². The molecule has 1 heterocycles. The summed E-state index contributed by atoms with van der Waals surface area (Å²) >= 11 is 0. The molecule has 0 aromatic heterocycles. The summed E-state index contributed by atoms with van der Waals surface area (Å²) in [5.41, 5.74) is 0.375. The summed E-state index contributed by atoms with van der Waals surface area (Å²) in [6.45, 7) is 15.3. The van der Waals surface area contributed by atoms with Gasteiger partial charge in [-0.05, 0) is 25.7 Å². The van der Waals surface area contributed by atoms with Crippen LogP contribution in [0, 0.1) is 5.92 Å². The van der Waals surface area contributed by atoms with Gasteiger partial charge >= 0.3 is 0 Å². The van der Waals surface area contributed by atoms with Crippen LogP contribution in [-0.4, -0.2) is 36.1 Å². The van der Waals surface area contributed by atoms with Crippen molar-refractivity contribution < 1.29 is 0 Å². The van der Waals surface area contributed by atoms with Gasteiger partial charge < -0.3 is 5.32 Å². The Morgan fingerprint density at radius 1 is 1.19 bits per heavy atom. The third-order valence-electron chi connectivity index (χ3n) is 4.80. The number of hydrogen-bond acceptors (Lipinski definition) is 2. The number of nitrogens with one attached hydrogen (secondary N) is 1. The zero-order chi connectivity index (χ0) is 12.2. The third-order valence-corrected chi connectivity index (χ3v) is 4.80. The maximum Gasteiger partial charge on any atom is 0.0304 e. The summed E-state index contributed by atoms with van der Waals surface area (Å²) in [6.07, 6.45) is 3.77. The molecule has 1 fully saturated rings. The second-order valence-corrected chi connectivity index (χ2v) is 5.51. The van der Waals surface area contributed by atoms with E-state index in [0.717, 1.165) is 18.5 Å². The molecule has 0 amide bonds. The normalized spacial score (nSPS) is 25.3. The first-order valence-corrected chi connectivity index (χ1v) is 7.07. The van der Waals surface area contributed by atoms with Gasteiger partial charge in [-0.2, -0.15) is 0 Å². The molecule has 1 N–H and O–H groups in total. The van der Waals surface area contributed by atoms with E-state index in [1.165, 1.54) is 32.4 Å². The maximum atomic E-state index is 3.73. The first kappa shape index (κ1) is 14.0. The highest BCUT2D eigenvalue weighted by molar-refractivity contribution is 4.94. The fourth-order valence-electron chi connectivity index (χ4n) is 2.76. The van der Waals surface area contributed by atoms with Crippen molar-refractivity contribution >= 4 is 0 Å². The van der Waals surface area contributed by atoms with Crippen LogP contribution in [0.2, 0.25) is 0 Å². The molecule has 0 radical (unpaired) electrons. The van der Waals surface area contributed by atoms with Crippen LogP contribution in [-0.2, 0) is 0 Å². The lowest BCUT2D eigenvalue weighted by atomic mass is 9.88. The highest BCUT2D eigenvalue weighted by atomic mass is 15.2. The van der Waals surface area contributed by atoms with E-state index in [2.05, 4.69) is 44.8 Å². The van der Waals surface area contributed by atoms with E-state index in [1.54, 1.807) is 0 Å². The molecule has 0 spiro atoms. The Morgan fingerprint density at radius 3 is 2.31 bits per heavy atom. The summed E-state index contributed by atoms with van der Waals surface area (Å²) in [4.78, 5) is 2.69. The SMILES string of the molecule is CCC(C)C(C)N1CCNC(CC)(CC)C1. The molecule has 1 saturated heterocycles. The average molecular weight is 226 g/mol. The van der Waals surface area contributed by atoms with Gasteiger partial charge in [0.05, 0.1) is 0 Å². The number of piperazine rings is 1. The first-order chi connectivity index (χ1) is 7.58. The summed E-state index contributed by atoms with van der Waals surface area (Å²) in [5.74, 6) is 0.810. The van der Waals surface area contributed by atoms with Crippen molar-refractivity contribution in [3.63, 3.8) is 0 Å². The second-order valence-electron chi connectivity index (χ2n) is 5.51. The van der Waals surface area contributed by atoms with Crippen molar-refractivity contribution in [2.75, 3.05) is 19.6 Å². The smallest absolute Gasteiger partial charge is 0.0304 e. The van der Waals surface area contributed by atoms with Crippen molar-refractivity contribution in [3.05, 3.63) is 0 Å². The predicted octanol–water partition coefficient (Wildman–Crippen LogP) is 2.89. The minimum absolute atomic E-state index is 0.375. The summed E-state index contributed by atoms with van der Waals surface area (Å²) in [7, 11) is 0. The van der Waals surface area contributed by atoms with Gasteiger partial charge in [-0.1, -0.05) is 34.1 Å². The highest BCUT2D eigenvalue weighted by Gasteiger charge is 2.34. The van der Waals surface area contributed by atoms with E-state index in [0.29, 0.717) is 5.54 Å². The Morgan fingerprint density at radius 2 is 1.81 bits per heavy atom. The molecule has 0 aromatic carbocycles. The zero-order valence-corrected chi connectivity index (χ0v) is 11.8. The van der Waals surface area contributed by atoms with Crippen molar-refractivity contribution in [2.45, 2.75) is 65.5 Å². The van der Waals surface area contributed by atoms with Gasteiger partial charge in [-0.3, -0.25) is 4.90 Å². The fraction of sp³-hybridized carbons (Fsp3) is 1.00. The Hall–Kier alpha value is -0.0800. The Bertz CT molecular complexity index is 199. The van der Waals surface area contributed by atoms with Crippen LogP contribution in [0.3, 0.4) is 0 Å². The van der Waals surface area contributed by atoms with Crippen LogP contribution in [0.15, 0.2) is 0 Å². The molecule has 0 saturated carbocycles. The molecule has 1 aliphatic rings. The van der Waals surface area contributed by atoms with Gasteiger partial charge in [0.1, 0.15) is 0 Å². The van der Waals surface area contributed by atoms with E-state index in [-0.39, 0.29) is 0 Å². The van der Waals surface area contributed by atoms with Gasteiger partial charge in [0.15, 0.2) is 0 Å². The molecule has 2 heteroatoms. The number of nitrogens with zero attached hydrogens (tertiary/aromatic N) is 1. The minimum atomic E-state index is 0.375. The molecule has 2 nitrogen and oxygen atoms in total. The number of rotatable bonds is 5. The molecule has 0 bridgehead atoms. The van der Waals surface area contributed by atoms with Crippen LogP contribution in [0.25, 0.3) is 0 Å². The molecule has 1 rings (SSSR count). The van der Waals surface area contributed by atoms with Crippen LogP contribution in [0.4, 0.5) is 0 Å². The minimum Gasteiger partial charge on any atom is -0.309 e. The molecule has 2 unspecified atom stereocenters. The zero-order valence-electron chi connectivity index (χ0n) is 11.8. The Balaban J connectivity index is 2.62. The second kappa shape index (κ2) is 6.02. The van der Waals surface area contributed by atoms with Crippen LogP contribution in [0.1, 0.15) is 53.9 Å². The third kappa shape index (κ3) is 2.98. The standard InChI is InChI=1S/C14H30N2/c1-6-12(4)13(5)16-10-9-15-14(7-2,8-3)11-16/h12-13,15H,6-11H2,1-5H3. The van der Waals surface area contributed by atoms with Gasteiger partial charge in [0, 0.05) is 31.2 Å². The summed E-state index contributed by atoms with van der Waals surface area (Å²) in [6, 6.07) is 0.726. The molecule has 96 valence electrons. The van der Waals surface area contributed by atoms with E-state index >= 15 is 0 Å². The topological polar surface area (TPSA) is 15.3 Å². The fourth-order valence-corrected chi connectivity index (χ4v) is 2.76. The van der Waals surface area contributed by atoms with E-state index < -0.39 is 0 Å². The van der Waals surface area contributed by atoms with E-state index in [4.69, 9.17) is 0 Å². The van der Waals surface area contributed by atoms with Crippen molar-refractivity contribution in [1.82, 2.24) is 10.2 Å². The van der Waals surface area contributed by atoms with Crippen LogP contribution < -0.4 is 5.32 Å². The van der Waals surface area contributed by atoms with Crippen molar-refractivity contribution in [3.8, 4) is 0 Å². The molecular formula is C14H30N2. The van der Waals surface area contributed by atoms with Crippen molar-refractivity contribution in [2.24, 2.45) is 5.92 Å². The number of hydrogen-bond donors (Lipinski definition) is 1. The molecule has 1 aliphatic heterocycles. The van der Waals surface area contributed by atoms with Gasteiger partial charge in [-0.15, -0.1) is 0 Å². The van der Waals surface area contributed by atoms with Crippen LogP contribution in [0.5, 0.6) is 0 Å². The maximum absolute atomic E-state index is 3.73. The lowest BCUT2D eigenvalue weighted by molar-refractivity contribution is 0.0696. The molecule has 2 atom stereocenters. The monoisotopic (exact) mass is 226 g/mol. The molecule has 16 heavy (non-hydrogen) atoms. The molecular weight excluding hydrogens is 196 g/mol. The van der Waals surface area contributed by atoms with Crippen LogP contribution >= 0.6 is 0 Å². The lowest BCUT2D eigenvalue weighted by Gasteiger charge is -2.46. The highest BCUT2D eigenvalue weighted by Crippen LogP contribution is 2.24. The van der Waals surface area contributed by atoms with E-state index in [1.807, 2.05) is 0 Å². The van der Waals surface area contributed by atoms with Gasteiger partial charge in [0.2, 0.25) is 0 Å². The quantitative estimate of drug-likeness (QED) is 0.775. The molecule has 0 aromatic rings. The van der Waals surface area contributed by atoms with Crippen molar-refractivity contribution in [1.29, 1.82) is 0 Å². The summed E-state index contributed by atoms with van der Waals surface area (Å²) < 4.78 is 0. The molecule has 0 aliphatic carbocycles. The largest absolute Gasteiger partial charge is 0.309 e. The van der Waals surface area contributed by atoms with Gasteiger partial charge in [0.25, 0.3) is 0 Å². The predicted molar refractivity (Wildman–Crippen MR) is 71.8 cm³/mol. The lowest BCUT2D eigenvalue weighted by Crippen LogP contribution is -2.62. The average Bonchev–Trinajstić information content (AvgIpc) is 2.36. The Kier molecular flexibility index (Phi) is 5.26.